The largest absolute Gasteiger partial charge is 0.381 e. The van der Waals surface area contributed by atoms with E-state index in [1.807, 2.05) is 18.3 Å². The molecular formula is C14H13N3O. The van der Waals surface area contributed by atoms with Gasteiger partial charge in [-0.2, -0.15) is 5.26 Å². The number of rotatable bonds is 1. The zero-order valence-corrected chi connectivity index (χ0v) is 9.97. The zero-order chi connectivity index (χ0) is 12.4. The number of fused-ring (bicyclic) bond motifs is 1. The second-order valence-corrected chi connectivity index (χ2v) is 4.47. The number of nitrogens with zero attached hydrogens (tertiary/aromatic N) is 3. The molecule has 1 aromatic heterocycles. The van der Waals surface area contributed by atoms with Crippen LogP contribution in [0.3, 0.4) is 0 Å². The molecule has 0 amide bonds. The summed E-state index contributed by atoms with van der Waals surface area (Å²) in [6.07, 6.45) is 3.79. The van der Waals surface area contributed by atoms with E-state index in [-0.39, 0.29) is 0 Å². The first-order chi connectivity index (χ1) is 8.88. The van der Waals surface area contributed by atoms with Crippen LogP contribution in [0.2, 0.25) is 0 Å². The number of nitriles is 1. The van der Waals surface area contributed by atoms with Crippen molar-refractivity contribution in [3.05, 3.63) is 35.7 Å². The fourth-order valence-electron chi connectivity index (χ4n) is 2.33. The topological polar surface area (TPSA) is 58.8 Å². The SMILES string of the molecule is N#Cc1cccc2ncc(C3CCOCC3)nc12. The monoisotopic (exact) mass is 239 g/mol. The first-order valence-corrected chi connectivity index (χ1v) is 6.12. The molecule has 0 bridgehead atoms. The van der Waals surface area contributed by atoms with E-state index in [0.717, 1.165) is 37.3 Å². The summed E-state index contributed by atoms with van der Waals surface area (Å²) in [6.45, 7) is 1.56. The van der Waals surface area contributed by atoms with Crippen molar-refractivity contribution in [2.75, 3.05) is 13.2 Å². The Labute approximate surface area is 105 Å². The standard InChI is InChI=1S/C14H13N3O/c15-8-11-2-1-3-12-14(11)17-13(9-16-12)10-4-6-18-7-5-10/h1-3,9-10H,4-7H2. The van der Waals surface area contributed by atoms with E-state index in [4.69, 9.17) is 10.00 Å². The lowest BCUT2D eigenvalue weighted by molar-refractivity contribution is 0.0845. The van der Waals surface area contributed by atoms with Crippen molar-refractivity contribution >= 4 is 11.0 Å². The van der Waals surface area contributed by atoms with Crippen molar-refractivity contribution in [2.45, 2.75) is 18.8 Å². The van der Waals surface area contributed by atoms with Crippen molar-refractivity contribution in [3.63, 3.8) is 0 Å². The highest BCUT2D eigenvalue weighted by molar-refractivity contribution is 5.80. The fourth-order valence-corrected chi connectivity index (χ4v) is 2.33. The highest BCUT2D eigenvalue weighted by Crippen LogP contribution is 2.26. The minimum absolute atomic E-state index is 0.405. The third-order valence-electron chi connectivity index (χ3n) is 3.35. The lowest BCUT2D eigenvalue weighted by Crippen LogP contribution is -2.15. The average molecular weight is 239 g/mol. The summed E-state index contributed by atoms with van der Waals surface area (Å²) >= 11 is 0. The van der Waals surface area contributed by atoms with Gasteiger partial charge in [-0.25, -0.2) is 4.98 Å². The lowest BCUT2D eigenvalue weighted by Gasteiger charge is -2.21. The fraction of sp³-hybridized carbons (Fsp3) is 0.357. The summed E-state index contributed by atoms with van der Waals surface area (Å²) in [5.74, 6) is 0.405. The van der Waals surface area contributed by atoms with Crippen molar-refractivity contribution in [1.29, 1.82) is 5.26 Å². The molecule has 1 aromatic carbocycles. The van der Waals surface area contributed by atoms with Gasteiger partial charge >= 0.3 is 0 Å². The first-order valence-electron chi connectivity index (χ1n) is 6.12. The van der Waals surface area contributed by atoms with Gasteiger partial charge in [0.2, 0.25) is 0 Å². The van der Waals surface area contributed by atoms with E-state index in [1.54, 1.807) is 6.07 Å². The summed E-state index contributed by atoms with van der Waals surface area (Å²) in [7, 11) is 0. The van der Waals surface area contributed by atoms with Crippen LogP contribution in [0.25, 0.3) is 11.0 Å². The third-order valence-corrected chi connectivity index (χ3v) is 3.35. The highest BCUT2D eigenvalue weighted by atomic mass is 16.5. The summed E-state index contributed by atoms with van der Waals surface area (Å²) in [5.41, 5.74) is 3.07. The van der Waals surface area contributed by atoms with Crippen LogP contribution in [0, 0.1) is 11.3 Å². The van der Waals surface area contributed by atoms with E-state index in [1.165, 1.54) is 0 Å². The van der Waals surface area contributed by atoms with Crippen LogP contribution >= 0.6 is 0 Å². The van der Waals surface area contributed by atoms with Crippen molar-refractivity contribution in [1.82, 2.24) is 9.97 Å². The molecule has 2 aromatic rings. The normalized spacial score (nSPS) is 16.6. The van der Waals surface area contributed by atoms with E-state index in [0.29, 0.717) is 17.0 Å². The molecule has 1 aliphatic rings. The maximum Gasteiger partial charge on any atom is 0.107 e. The predicted molar refractivity (Wildman–Crippen MR) is 67.0 cm³/mol. The number of aromatic nitrogens is 2. The molecule has 1 aliphatic heterocycles. The quantitative estimate of drug-likeness (QED) is 0.766. The number of para-hydroxylation sites is 1. The van der Waals surface area contributed by atoms with Crippen LogP contribution in [-0.2, 0) is 4.74 Å². The van der Waals surface area contributed by atoms with Gasteiger partial charge in [0.25, 0.3) is 0 Å². The summed E-state index contributed by atoms with van der Waals surface area (Å²) < 4.78 is 5.35. The molecule has 0 unspecified atom stereocenters. The van der Waals surface area contributed by atoms with E-state index in [2.05, 4.69) is 16.0 Å². The van der Waals surface area contributed by atoms with Gasteiger partial charge in [-0.3, -0.25) is 4.98 Å². The molecule has 1 saturated heterocycles. The molecule has 0 radical (unpaired) electrons. The molecular weight excluding hydrogens is 226 g/mol. The van der Waals surface area contributed by atoms with Crippen LogP contribution in [0.4, 0.5) is 0 Å². The molecule has 3 rings (SSSR count). The van der Waals surface area contributed by atoms with Crippen molar-refractivity contribution in [3.8, 4) is 6.07 Å². The minimum atomic E-state index is 0.405. The van der Waals surface area contributed by atoms with Gasteiger partial charge in [0, 0.05) is 25.3 Å². The predicted octanol–water partition coefficient (Wildman–Crippen LogP) is 2.40. The van der Waals surface area contributed by atoms with E-state index >= 15 is 0 Å². The number of hydrogen-bond acceptors (Lipinski definition) is 4. The van der Waals surface area contributed by atoms with Gasteiger partial charge in [-0.1, -0.05) is 6.07 Å². The molecule has 0 N–H and O–H groups in total. The Morgan fingerprint density at radius 3 is 2.89 bits per heavy atom. The molecule has 0 spiro atoms. The zero-order valence-electron chi connectivity index (χ0n) is 9.97. The van der Waals surface area contributed by atoms with Gasteiger partial charge in [0.05, 0.1) is 16.8 Å². The number of hydrogen-bond donors (Lipinski definition) is 0. The van der Waals surface area contributed by atoms with Crippen LogP contribution in [0.1, 0.15) is 30.0 Å². The molecule has 2 heterocycles. The smallest absolute Gasteiger partial charge is 0.107 e. The Kier molecular flexibility index (Phi) is 2.91. The summed E-state index contributed by atoms with van der Waals surface area (Å²) in [5, 5.41) is 9.10. The highest BCUT2D eigenvalue weighted by Gasteiger charge is 2.18. The molecule has 0 saturated carbocycles. The Morgan fingerprint density at radius 2 is 2.11 bits per heavy atom. The molecule has 1 fully saturated rings. The molecule has 4 heteroatoms. The Balaban J connectivity index is 2.07. The van der Waals surface area contributed by atoms with Crippen LogP contribution in [-0.4, -0.2) is 23.2 Å². The summed E-state index contributed by atoms with van der Waals surface area (Å²) in [4.78, 5) is 9.04. The maximum atomic E-state index is 9.10. The van der Waals surface area contributed by atoms with Crippen LogP contribution in [0.15, 0.2) is 24.4 Å². The lowest BCUT2D eigenvalue weighted by atomic mass is 9.97. The Hall–Kier alpha value is -1.99. The Morgan fingerprint density at radius 1 is 1.28 bits per heavy atom. The third kappa shape index (κ3) is 1.93. The van der Waals surface area contributed by atoms with Gasteiger partial charge in [-0.05, 0) is 25.0 Å². The molecule has 90 valence electrons. The second kappa shape index (κ2) is 4.71. The molecule has 0 atom stereocenters. The minimum Gasteiger partial charge on any atom is -0.381 e. The van der Waals surface area contributed by atoms with Gasteiger partial charge in [0.15, 0.2) is 0 Å². The van der Waals surface area contributed by atoms with Crippen LogP contribution in [0.5, 0.6) is 0 Å². The number of ether oxygens (including phenoxy) is 1. The summed E-state index contributed by atoms with van der Waals surface area (Å²) in [6, 6.07) is 7.68. The maximum absolute atomic E-state index is 9.10. The van der Waals surface area contributed by atoms with Crippen molar-refractivity contribution < 1.29 is 4.74 Å². The first kappa shape index (κ1) is 11.1. The molecule has 0 aliphatic carbocycles. The number of benzene rings is 1. The van der Waals surface area contributed by atoms with E-state index in [9.17, 15) is 0 Å². The second-order valence-electron chi connectivity index (χ2n) is 4.47. The van der Waals surface area contributed by atoms with Gasteiger partial charge < -0.3 is 4.74 Å². The Bertz CT molecular complexity index is 612. The van der Waals surface area contributed by atoms with Gasteiger partial charge in [-0.15, -0.1) is 0 Å². The van der Waals surface area contributed by atoms with Crippen LogP contribution < -0.4 is 0 Å². The van der Waals surface area contributed by atoms with E-state index < -0.39 is 0 Å². The average Bonchev–Trinajstić information content (AvgIpc) is 2.47. The van der Waals surface area contributed by atoms with Crippen molar-refractivity contribution in [2.24, 2.45) is 0 Å². The van der Waals surface area contributed by atoms with Gasteiger partial charge in [0.1, 0.15) is 11.6 Å². The molecule has 4 nitrogen and oxygen atoms in total. The molecule has 18 heavy (non-hydrogen) atoms.